The summed E-state index contributed by atoms with van der Waals surface area (Å²) < 4.78 is 5.75. The lowest BCUT2D eigenvalue weighted by Gasteiger charge is -2.57. The van der Waals surface area contributed by atoms with Gasteiger partial charge in [-0.25, -0.2) is 4.98 Å². The van der Waals surface area contributed by atoms with Gasteiger partial charge in [0.05, 0.1) is 11.7 Å². The average Bonchev–Trinajstić information content (AvgIpc) is 2.67. The second-order valence-electron chi connectivity index (χ2n) is 7.92. The lowest BCUT2D eigenvalue weighted by Crippen LogP contribution is -2.47. The lowest BCUT2D eigenvalue weighted by molar-refractivity contribution is -0.0615. The van der Waals surface area contributed by atoms with Gasteiger partial charge in [0.25, 0.3) is 0 Å². The van der Waals surface area contributed by atoms with Crippen molar-refractivity contribution in [1.82, 2.24) is 4.98 Å². The molecule has 0 radical (unpaired) electrons. The van der Waals surface area contributed by atoms with E-state index in [1.54, 1.807) is 0 Å². The smallest absolute Gasteiger partial charge is 0.211 e. The molecule has 3 heteroatoms. The summed E-state index contributed by atoms with van der Waals surface area (Å²) in [5.74, 6) is 4.64. The zero-order valence-corrected chi connectivity index (χ0v) is 12.7. The highest BCUT2D eigenvalue weighted by atomic mass is 16.4. The number of aryl methyl sites for hydroxylation is 2. The summed E-state index contributed by atoms with van der Waals surface area (Å²) >= 11 is 0. The van der Waals surface area contributed by atoms with Crippen LogP contribution in [0.15, 0.2) is 4.42 Å². The van der Waals surface area contributed by atoms with Crippen LogP contribution in [0, 0.1) is 37.0 Å². The van der Waals surface area contributed by atoms with Crippen LogP contribution in [0.25, 0.3) is 0 Å². The molecule has 4 fully saturated rings. The molecule has 4 aliphatic carbocycles. The third kappa shape index (κ3) is 2.02. The Balaban J connectivity index is 1.53. The topological polar surface area (TPSA) is 52.0 Å². The van der Waals surface area contributed by atoms with E-state index in [4.69, 9.17) is 10.2 Å². The van der Waals surface area contributed by atoms with Crippen molar-refractivity contribution in [3.05, 3.63) is 17.3 Å². The van der Waals surface area contributed by atoms with Crippen molar-refractivity contribution in [1.29, 1.82) is 0 Å². The van der Waals surface area contributed by atoms with Crippen LogP contribution in [0.2, 0.25) is 0 Å². The molecule has 1 aromatic heterocycles. The van der Waals surface area contributed by atoms with E-state index in [0.29, 0.717) is 5.41 Å². The average molecular weight is 274 g/mol. The maximum atomic E-state index is 6.44. The highest BCUT2D eigenvalue weighted by Crippen LogP contribution is 2.62. The Morgan fingerprint density at radius 2 is 1.70 bits per heavy atom. The molecular weight excluding hydrogens is 248 g/mol. The Hall–Kier alpha value is -0.830. The minimum atomic E-state index is -0.0151. The molecule has 4 bridgehead atoms. The second-order valence-corrected chi connectivity index (χ2v) is 7.92. The van der Waals surface area contributed by atoms with Crippen LogP contribution in [0.4, 0.5) is 0 Å². The van der Waals surface area contributed by atoms with Crippen molar-refractivity contribution < 1.29 is 4.42 Å². The molecule has 1 heterocycles. The first-order valence-electron chi connectivity index (χ1n) is 8.22. The predicted octanol–water partition coefficient (Wildman–Crippen LogP) is 3.90. The Morgan fingerprint density at radius 3 is 2.15 bits per heavy atom. The molecule has 3 nitrogen and oxygen atoms in total. The van der Waals surface area contributed by atoms with Gasteiger partial charge in [0.1, 0.15) is 5.76 Å². The fraction of sp³-hybridized carbons (Fsp3) is 0.824. The molecule has 5 rings (SSSR count). The van der Waals surface area contributed by atoms with Gasteiger partial charge >= 0.3 is 0 Å². The predicted molar refractivity (Wildman–Crippen MR) is 78.1 cm³/mol. The Bertz CT molecular complexity index is 464. The molecule has 2 N–H and O–H groups in total. The molecule has 0 aliphatic heterocycles. The molecule has 1 atom stereocenters. The van der Waals surface area contributed by atoms with Crippen molar-refractivity contribution >= 4 is 0 Å². The monoisotopic (exact) mass is 274 g/mol. The SMILES string of the molecule is Cc1nc(C(N)CC23CC4CC(CC(C4)C2)C3)oc1C. The van der Waals surface area contributed by atoms with Crippen LogP contribution in [-0.4, -0.2) is 4.98 Å². The van der Waals surface area contributed by atoms with E-state index < -0.39 is 0 Å². The van der Waals surface area contributed by atoms with Crippen molar-refractivity contribution in [2.75, 3.05) is 0 Å². The van der Waals surface area contributed by atoms with Gasteiger partial charge in [0, 0.05) is 0 Å². The Kier molecular flexibility index (Phi) is 2.79. The highest BCUT2D eigenvalue weighted by Gasteiger charge is 2.51. The minimum absolute atomic E-state index is 0.0151. The number of nitrogens with two attached hydrogens (primary N) is 1. The van der Waals surface area contributed by atoms with Crippen LogP contribution >= 0.6 is 0 Å². The summed E-state index contributed by atoms with van der Waals surface area (Å²) in [7, 11) is 0. The van der Waals surface area contributed by atoms with Gasteiger partial charge in [0.15, 0.2) is 0 Å². The van der Waals surface area contributed by atoms with Gasteiger partial charge in [-0.2, -0.15) is 0 Å². The van der Waals surface area contributed by atoms with Gasteiger partial charge in [-0.05, 0) is 82.0 Å². The maximum Gasteiger partial charge on any atom is 0.211 e. The maximum absolute atomic E-state index is 6.44. The van der Waals surface area contributed by atoms with E-state index in [1.807, 2.05) is 13.8 Å². The fourth-order valence-corrected chi connectivity index (χ4v) is 5.75. The van der Waals surface area contributed by atoms with Crippen molar-refractivity contribution in [3.8, 4) is 0 Å². The summed E-state index contributed by atoms with van der Waals surface area (Å²) in [6.07, 6.45) is 9.78. The summed E-state index contributed by atoms with van der Waals surface area (Å²) in [5.41, 5.74) is 7.93. The normalized spacial score (nSPS) is 40.2. The first-order chi connectivity index (χ1) is 9.53. The van der Waals surface area contributed by atoms with Gasteiger partial charge in [-0.15, -0.1) is 0 Å². The summed E-state index contributed by atoms with van der Waals surface area (Å²) in [6, 6.07) is -0.0151. The minimum Gasteiger partial charge on any atom is -0.444 e. The van der Waals surface area contributed by atoms with E-state index in [2.05, 4.69) is 4.98 Å². The number of oxazole rings is 1. The Labute approximate surface area is 121 Å². The fourth-order valence-electron chi connectivity index (χ4n) is 5.75. The van der Waals surface area contributed by atoms with Crippen molar-refractivity contribution in [2.45, 2.75) is 64.8 Å². The van der Waals surface area contributed by atoms with E-state index in [9.17, 15) is 0 Å². The van der Waals surface area contributed by atoms with Gasteiger partial charge in [-0.3, -0.25) is 0 Å². The first-order valence-corrected chi connectivity index (χ1v) is 8.22. The molecule has 0 aromatic carbocycles. The Morgan fingerprint density at radius 1 is 1.15 bits per heavy atom. The molecule has 4 saturated carbocycles. The van der Waals surface area contributed by atoms with Crippen LogP contribution in [0.5, 0.6) is 0 Å². The molecule has 1 unspecified atom stereocenters. The summed E-state index contributed by atoms with van der Waals surface area (Å²) in [5, 5.41) is 0. The van der Waals surface area contributed by atoms with E-state index in [0.717, 1.165) is 41.5 Å². The zero-order chi connectivity index (χ0) is 13.9. The largest absolute Gasteiger partial charge is 0.444 e. The van der Waals surface area contributed by atoms with E-state index in [1.165, 1.54) is 38.5 Å². The van der Waals surface area contributed by atoms with Crippen molar-refractivity contribution in [3.63, 3.8) is 0 Å². The molecular formula is C17H26N2O. The summed E-state index contributed by atoms with van der Waals surface area (Å²) in [4.78, 5) is 4.52. The third-order valence-corrected chi connectivity index (χ3v) is 6.18. The summed E-state index contributed by atoms with van der Waals surface area (Å²) in [6.45, 7) is 3.98. The number of rotatable bonds is 3. The first kappa shape index (κ1) is 12.9. The molecule has 4 aliphatic rings. The molecule has 20 heavy (non-hydrogen) atoms. The van der Waals surface area contributed by atoms with E-state index in [-0.39, 0.29) is 6.04 Å². The molecule has 0 saturated heterocycles. The number of hydrogen-bond acceptors (Lipinski definition) is 3. The highest BCUT2D eigenvalue weighted by molar-refractivity contribution is 5.09. The number of nitrogens with zero attached hydrogens (tertiary/aromatic N) is 1. The zero-order valence-electron chi connectivity index (χ0n) is 12.7. The van der Waals surface area contributed by atoms with Gasteiger partial charge < -0.3 is 10.2 Å². The van der Waals surface area contributed by atoms with Crippen LogP contribution < -0.4 is 5.73 Å². The quantitative estimate of drug-likeness (QED) is 0.909. The van der Waals surface area contributed by atoms with Gasteiger partial charge in [0.2, 0.25) is 5.89 Å². The number of hydrogen-bond donors (Lipinski definition) is 1. The second kappa shape index (κ2) is 4.33. The standard InChI is InChI=1S/C17H26N2O/c1-10-11(2)20-16(19-10)15(18)9-17-6-12-3-13(7-17)5-14(4-12)8-17/h12-15H,3-9,18H2,1-2H3. The molecule has 0 spiro atoms. The third-order valence-electron chi connectivity index (χ3n) is 6.18. The van der Waals surface area contributed by atoms with Crippen LogP contribution in [-0.2, 0) is 0 Å². The lowest BCUT2D eigenvalue weighted by atomic mass is 9.48. The van der Waals surface area contributed by atoms with E-state index >= 15 is 0 Å². The molecule has 110 valence electrons. The van der Waals surface area contributed by atoms with Crippen LogP contribution in [0.3, 0.4) is 0 Å². The molecule has 0 amide bonds. The number of aromatic nitrogens is 1. The van der Waals surface area contributed by atoms with Crippen LogP contribution in [0.1, 0.15) is 68.3 Å². The van der Waals surface area contributed by atoms with Gasteiger partial charge in [-0.1, -0.05) is 0 Å². The van der Waals surface area contributed by atoms with Crippen molar-refractivity contribution in [2.24, 2.45) is 28.9 Å². The molecule has 1 aromatic rings.